The van der Waals surface area contributed by atoms with Crippen LogP contribution < -0.4 is 5.32 Å². The van der Waals surface area contributed by atoms with E-state index in [2.05, 4.69) is 16.4 Å². The molecule has 2 aromatic heterocycles. The van der Waals surface area contributed by atoms with Crippen LogP contribution in [0, 0.1) is 0 Å². The molecule has 0 amide bonds. The number of aromatic nitrogens is 1. The van der Waals surface area contributed by atoms with Crippen LogP contribution in [0.4, 0.5) is 0 Å². The Balaban J connectivity index is 1.80. The molecule has 3 nitrogen and oxygen atoms in total. The molecular weight excluding hydrogens is 232 g/mol. The minimum absolute atomic E-state index is 0.822. The number of rotatable bonds is 4. The van der Waals surface area contributed by atoms with Gasteiger partial charge in [0.15, 0.2) is 11.7 Å². The maximum Gasteiger partial charge on any atom is 0.196 e. The highest BCUT2D eigenvalue weighted by Gasteiger charge is 2.17. The summed E-state index contributed by atoms with van der Waals surface area (Å²) in [7, 11) is 1.94. The van der Waals surface area contributed by atoms with E-state index in [-0.39, 0.29) is 0 Å². The number of oxazole rings is 1. The van der Waals surface area contributed by atoms with Crippen molar-refractivity contribution in [3.8, 4) is 10.6 Å². The molecule has 90 valence electrons. The van der Waals surface area contributed by atoms with Crippen molar-refractivity contribution >= 4 is 11.3 Å². The first-order valence-corrected chi connectivity index (χ1v) is 6.90. The Hall–Kier alpha value is -1.13. The summed E-state index contributed by atoms with van der Waals surface area (Å²) in [6.45, 7) is 0.904. The van der Waals surface area contributed by atoms with Crippen LogP contribution in [0.25, 0.3) is 10.6 Å². The first-order chi connectivity index (χ1) is 8.36. The summed E-state index contributed by atoms with van der Waals surface area (Å²) in [5, 5.41) is 3.10. The summed E-state index contributed by atoms with van der Waals surface area (Å²) >= 11 is 1.86. The van der Waals surface area contributed by atoms with E-state index in [0.29, 0.717) is 0 Å². The van der Waals surface area contributed by atoms with Crippen LogP contribution in [0.2, 0.25) is 0 Å². The standard InChI is InChI=1S/C13H16N2OS/c1-14-6-5-13-15-8-10(16-13)12-7-9-3-2-4-11(9)17-12/h7-8,14H,2-6H2,1H3. The first-order valence-electron chi connectivity index (χ1n) is 6.08. The van der Waals surface area contributed by atoms with E-state index in [1.165, 1.54) is 34.6 Å². The number of fused-ring (bicyclic) bond motifs is 1. The Kier molecular flexibility index (Phi) is 2.99. The Morgan fingerprint density at radius 1 is 1.47 bits per heavy atom. The lowest BCUT2D eigenvalue weighted by Gasteiger charge is -1.93. The summed E-state index contributed by atoms with van der Waals surface area (Å²) in [4.78, 5) is 7.08. The second kappa shape index (κ2) is 4.63. The number of nitrogens with one attached hydrogen (secondary N) is 1. The van der Waals surface area contributed by atoms with Gasteiger partial charge in [-0.3, -0.25) is 0 Å². The molecule has 1 N–H and O–H groups in total. The molecule has 3 rings (SSSR count). The number of thiophene rings is 1. The van der Waals surface area contributed by atoms with E-state index in [1.807, 2.05) is 24.6 Å². The zero-order valence-corrected chi connectivity index (χ0v) is 10.8. The third kappa shape index (κ3) is 2.15. The molecule has 17 heavy (non-hydrogen) atoms. The van der Waals surface area contributed by atoms with Crippen molar-refractivity contribution in [3.63, 3.8) is 0 Å². The van der Waals surface area contributed by atoms with Gasteiger partial charge in [-0.15, -0.1) is 11.3 Å². The van der Waals surface area contributed by atoms with E-state index in [1.54, 1.807) is 0 Å². The summed E-state index contributed by atoms with van der Waals surface area (Å²) in [5.41, 5.74) is 1.51. The van der Waals surface area contributed by atoms with Crippen molar-refractivity contribution in [2.75, 3.05) is 13.6 Å². The van der Waals surface area contributed by atoms with Crippen molar-refractivity contribution in [2.24, 2.45) is 0 Å². The topological polar surface area (TPSA) is 38.1 Å². The minimum Gasteiger partial charge on any atom is -0.440 e. The van der Waals surface area contributed by atoms with Crippen LogP contribution in [0.1, 0.15) is 22.8 Å². The molecule has 1 aliphatic carbocycles. The minimum atomic E-state index is 0.822. The lowest BCUT2D eigenvalue weighted by atomic mass is 10.2. The summed E-state index contributed by atoms with van der Waals surface area (Å²) in [6.07, 6.45) is 6.48. The molecule has 2 heterocycles. The average Bonchev–Trinajstić information content (AvgIpc) is 3.00. The molecule has 0 spiro atoms. The SMILES string of the molecule is CNCCc1ncc(-c2cc3c(s2)CCC3)o1. The molecule has 0 saturated heterocycles. The molecule has 0 radical (unpaired) electrons. The Morgan fingerprint density at radius 2 is 2.41 bits per heavy atom. The number of aryl methyl sites for hydroxylation is 2. The predicted octanol–water partition coefficient (Wildman–Crippen LogP) is 2.65. The van der Waals surface area contributed by atoms with Gasteiger partial charge in [0.1, 0.15) is 0 Å². The van der Waals surface area contributed by atoms with Crippen molar-refractivity contribution in [2.45, 2.75) is 25.7 Å². The summed E-state index contributed by atoms with van der Waals surface area (Å²) in [6, 6.07) is 2.27. The molecule has 1 aliphatic rings. The van der Waals surface area contributed by atoms with Crippen LogP contribution in [0.3, 0.4) is 0 Å². The van der Waals surface area contributed by atoms with Crippen LogP contribution in [0.5, 0.6) is 0 Å². The molecule has 0 unspecified atom stereocenters. The van der Waals surface area contributed by atoms with Crippen LogP contribution in [-0.2, 0) is 19.3 Å². The summed E-state index contributed by atoms with van der Waals surface area (Å²) in [5.74, 6) is 1.75. The van der Waals surface area contributed by atoms with Crippen molar-refractivity contribution in [1.29, 1.82) is 0 Å². The predicted molar refractivity (Wildman–Crippen MR) is 69.5 cm³/mol. The molecule has 0 aliphatic heterocycles. The molecular formula is C13H16N2OS. The summed E-state index contributed by atoms with van der Waals surface area (Å²) < 4.78 is 5.77. The Morgan fingerprint density at radius 3 is 3.24 bits per heavy atom. The Bertz CT molecular complexity index is 494. The lowest BCUT2D eigenvalue weighted by molar-refractivity contribution is 0.501. The van der Waals surface area contributed by atoms with Gasteiger partial charge in [0, 0.05) is 17.8 Å². The van der Waals surface area contributed by atoms with Crippen molar-refractivity contribution in [3.05, 3.63) is 28.6 Å². The lowest BCUT2D eigenvalue weighted by Crippen LogP contribution is -2.10. The zero-order chi connectivity index (χ0) is 11.7. The molecule has 0 bridgehead atoms. The largest absolute Gasteiger partial charge is 0.440 e. The molecule has 0 aromatic carbocycles. The molecule has 0 atom stereocenters. The molecule has 0 saturated carbocycles. The van der Waals surface area contributed by atoms with Crippen LogP contribution in [0.15, 0.2) is 16.7 Å². The van der Waals surface area contributed by atoms with Gasteiger partial charge in [0.25, 0.3) is 0 Å². The monoisotopic (exact) mass is 248 g/mol. The maximum atomic E-state index is 5.77. The van der Waals surface area contributed by atoms with E-state index in [4.69, 9.17) is 4.42 Å². The van der Waals surface area contributed by atoms with E-state index in [9.17, 15) is 0 Å². The molecule has 4 heteroatoms. The zero-order valence-electron chi connectivity index (χ0n) is 9.95. The fourth-order valence-corrected chi connectivity index (χ4v) is 3.42. The second-order valence-electron chi connectivity index (χ2n) is 4.38. The van der Waals surface area contributed by atoms with Crippen molar-refractivity contribution in [1.82, 2.24) is 10.3 Å². The highest BCUT2D eigenvalue weighted by Crippen LogP contribution is 2.36. The second-order valence-corrected chi connectivity index (χ2v) is 5.52. The number of likely N-dealkylation sites (N-methyl/N-ethyl adjacent to an activating group) is 1. The third-order valence-electron chi connectivity index (χ3n) is 3.13. The van der Waals surface area contributed by atoms with Crippen LogP contribution in [-0.4, -0.2) is 18.6 Å². The fourth-order valence-electron chi connectivity index (χ4n) is 2.22. The van der Waals surface area contributed by atoms with Gasteiger partial charge >= 0.3 is 0 Å². The quantitative estimate of drug-likeness (QED) is 0.904. The molecule has 2 aromatic rings. The smallest absolute Gasteiger partial charge is 0.196 e. The number of hydrogen-bond donors (Lipinski definition) is 1. The van der Waals surface area contributed by atoms with Gasteiger partial charge in [-0.05, 0) is 37.9 Å². The van der Waals surface area contributed by atoms with E-state index in [0.717, 1.165) is 24.6 Å². The van der Waals surface area contributed by atoms with E-state index < -0.39 is 0 Å². The number of hydrogen-bond acceptors (Lipinski definition) is 4. The first kappa shape index (κ1) is 11.0. The maximum absolute atomic E-state index is 5.77. The van der Waals surface area contributed by atoms with Gasteiger partial charge in [-0.25, -0.2) is 4.98 Å². The highest BCUT2D eigenvalue weighted by molar-refractivity contribution is 7.15. The van der Waals surface area contributed by atoms with Gasteiger partial charge in [0.2, 0.25) is 0 Å². The average molecular weight is 248 g/mol. The fraction of sp³-hybridized carbons (Fsp3) is 0.462. The van der Waals surface area contributed by atoms with Crippen LogP contribution >= 0.6 is 11.3 Å². The van der Waals surface area contributed by atoms with Crippen molar-refractivity contribution < 1.29 is 4.42 Å². The normalized spacial score (nSPS) is 14.2. The van der Waals surface area contributed by atoms with Gasteiger partial charge in [0.05, 0.1) is 11.1 Å². The van der Waals surface area contributed by atoms with Gasteiger partial charge < -0.3 is 9.73 Å². The highest BCUT2D eigenvalue weighted by atomic mass is 32.1. The van der Waals surface area contributed by atoms with Gasteiger partial charge in [-0.1, -0.05) is 0 Å². The van der Waals surface area contributed by atoms with E-state index >= 15 is 0 Å². The Labute approximate surface area is 105 Å². The van der Waals surface area contributed by atoms with Gasteiger partial charge in [-0.2, -0.15) is 0 Å². The third-order valence-corrected chi connectivity index (χ3v) is 4.38. The number of nitrogens with zero attached hydrogens (tertiary/aromatic N) is 1. The molecule has 0 fully saturated rings.